The number of benzene rings is 3. The second kappa shape index (κ2) is 7.89. The third kappa shape index (κ3) is 3.97. The topological polar surface area (TPSA) is 80.3 Å². The molecule has 0 saturated carbocycles. The fourth-order valence-corrected chi connectivity index (χ4v) is 5.23. The second-order valence-corrected chi connectivity index (χ2v) is 9.49. The number of hydrogen-bond donors (Lipinski definition) is 1. The Morgan fingerprint density at radius 3 is 1.61 bits per heavy atom. The number of hydrogen-bond acceptors (Lipinski definition) is 4. The van der Waals surface area contributed by atoms with Crippen molar-refractivity contribution in [2.24, 2.45) is 0 Å². The Labute approximate surface area is 171 Å². The van der Waals surface area contributed by atoms with Crippen molar-refractivity contribution in [1.82, 2.24) is 0 Å². The highest BCUT2D eigenvalue weighted by atomic mass is 32.2. The number of sulfonamides is 1. The minimum atomic E-state index is -5.00. The maximum Gasteiger partial charge on any atom is 0.264 e. The molecule has 0 fully saturated rings. The SMILES string of the molecule is O=S(=O)(Nc1ccccc1S(=O)(=O)c1ccc(F)c(F)c1F)c1ccc(F)c(F)c1F. The Hall–Kier alpha value is -3.06. The summed E-state index contributed by atoms with van der Waals surface area (Å²) in [6.07, 6.45) is 0. The van der Waals surface area contributed by atoms with E-state index < -0.39 is 75.1 Å². The molecule has 0 aromatic heterocycles. The highest BCUT2D eigenvalue weighted by molar-refractivity contribution is 7.93. The van der Waals surface area contributed by atoms with Gasteiger partial charge in [0.2, 0.25) is 9.84 Å². The van der Waals surface area contributed by atoms with Crippen LogP contribution in [0.3, 0.4) is 0 Å². The Morgan fingerprint density at radius 2 is 1.03 bits per heavy atom. The molecule has 31 heavy (non-hydrogen) atoms. The first-order valence-electron chi connectivity index (χ1n) is 8.02. The molecule has 3 rings (SSSR count). The summed E-state index contributed by atoms with van der Waals surface area (Å²) in [5.41, 5.74) is -0.740. The number of rotatable bonds is 5. The van der Waals surface area contributed by atoms with Gasteiger partial charge in [0.05, 0.1) is 10.6 Å². The zero-order valence-corrected chi connectivity index (χ0v) is 16.5. The zero-order chi connectivity index (χ0) is 23.1. The van der Waals surface area contributed by atoms with Crippen LogP contribution in [-0.4, -0.2) is 16.8 Å². The Kier molecular flexibility index (Phi) is 5.76. The van der Waals surface area contributed by atoms with Crippen molar-refractivity contribution in [1.29, 1.82) is 0 Å². The van der Waals surface area contributed by atoms with Crippen LogP contribution in [0.4, 0.5) is 32.0 Å². The van der Waals surface area contributed by atoms with Gasteiger partial charge in [-0.3, -0.25) is 4.72 Å². The number of para-hydroxylation sites is 1. The summed E-state index contributed by atoms with van der Waals surface area (Å²) in [6.45, 7) is 0. The van der Waals surface area contributed by atoms with Crippen LogP contribution >= 0.6 is 0 Å². The molecule has 0 radical (unpaired) electrons. The van der Waals surface area contributed by atoms with Gasteiger partial charge >= 0.3 is 0 Å². The van der Waals surface area contributed by atoms with E-state index in [0.717, 1.165) is 24.3 Å². The van der Waals surface area contributed by atoms with Crippen LogP contribution in [0, 0.1) is 34.9 Å². The first-order chi connectivity index (χ1) is 14.4. The van der Waals surface area contributed by atoms with E-state index in [1.54, 1.807) is 4.72 Å². The van der Waals surface area contributed by atoms with Gasteiger partial charge in [-0.1, -0.05) is 12.1 Å². The molecule has 1 N–H and O–H groups in total. The molecule has 0 amide bonds. The van der Waals surface area contributed by atoms with Crippen molar-refractivity contribution < 1.29 is 43.2 Å². The third-order valence-corrected chi connectivity index (χ3v) is 7.21. The van der Waals surface area contributed by atoms with Gasteiger partial charge < -0.3 is 0 Å². The molecule has 3 aromatic carbocycles. The minimum Gasteiger partial charge on any atom is -0.278 e. The molecule has 0 aliphatic heterocycles. The lowest BCUT2D eigenvalue weighted by Gasteiger charge is -2.14. The van der Waals surface area contributed by atoms with Gasteiger partial charge in [-0.2, -0.15) is 0 Å². The lowest BCUT2D eigenvalue weighted by Crippen LogP contribution is -2.18. The van der Waals surface area contributed by atoms with Crippen molar-refractivity contribution >= 4 is 25.5 Å². The van der Waals surface area contributed by atoms with Gasteiger partial charge in [-0.05, 0) is 36.4 Å². The van der Waals surface area contributed by atoms with E-state index in [4.69, 9.17) is 0 Å². The van der Waals surface area contributed by atoms with Crippen molar-refractivity contribution in [3.05, 3.63) is 83.4 Å². The Morgan fingerprint density at radius 1 is 0.548 bits per heavy atom. The summed E-state index contributed by atoms with van der Waals surface area (Å²) >= 11 is 0. The molecule has 0 bridgehead atoms. The normalized spacial score (nSPS) is 12.1. The van der Waals surface area contributed by atoms with Crippen molar-refractivity contribution in [3.8, 4) is 0 Å². The summed E-state index contributed by atoms with van der Waals surface area (Å²) < 4.78 is 133. The molecule has 0 saturated heterocycles. The molecule has 0 atom stereocenters. The van der Waals surface area contributed by atoms with Crippen molar-refractivity contribution in [2.45, 2.75) is 14.7 Å². The summed E-state index contributed by atoms with van der Waals surface area (Å²) in [4.78, 5) is -3.53. The van der Waals surface area contributed by atoms with E-state index in [1.807, 2.05) is 0 Å². The predicted molar refractivity (Wildman–Crippen MR) is 95.3 cm³/mol. The summed E-state index contributed by atoms with van der Waals surface area (Å²) in [6, 6.07) is 5.50. The second-order valence-electron chi connectivity index (χ2n) is 5.95. The number of halogens is 6. The molecular weight excluding hydrogens is 472 g/mol. The molecule has 0 aliphatic rings. The maximum atomic E-state index is 14.1. The first kappa shape index (κ1) is 22.6. The van der Waals surface area contributed by atoms with Crippen LogP contribution in [-0.2, 0) is 19.9 Å². The maximum absolute atomic E-state index is 14.1. The molecule has 0 heterocycles. The molecule has 0 spiro atoms. The van der Waals surface area contributed by atoms with E-state index in [-0.39, 0.29) is 0 Å². The molecule has 164 valence electrons. The molecule has 5 nitrogen and oxygen atoms in total. The predicted octanol–water partition coefficient (Wildman–Crippen LogP) is 4.15. The summed E-state index contributed by atoms with van der Waals surface area (Å²) in [5.74, 6) is -11.5. The van der Waals surface area contributed by atoms with E-state index in [1.165, 1.54) is 0 Å². The smallest absolute Gasteiger partial charge is 0.264 e. The lowest BCUT2D eigenvalue weighted by atomic mass is 10.3. The average molecular weight is 481 g/mol. The van der Waals surface area contributed by atoms with Gasteiger partial charge in [0.15, 0.2) is 34.9 Å². The highest BCUT2D eigenvalue weighted by Gasteiger charge is 2.30. The lowest BCUT2D eigenvalue weighted by molar-refractivity contribution is 0.432. The van der Waals surface area contributed by atoms with Gasteiger partial charge in [-0.15, -0.1) is 0 Å². The van der Waals surface area contributed by atoms with Crippen LogP contribution in [0.25, 0.3) is 0 Å². The molecule has 0 aliphatic carbocycles. The van der Waals surface area contributed by atoms with Crippen LogP contribution in [0.15, 0.2) is 63.2 Å². The zero-order valence-electron chi connectivity index (χ0n) is 14.8. The van der Waals surface area contributed by atoms with Gasteiger partial charge in [-0.25, -0.2) is 43.2 Å². The van der Waals surface area contributed by atoms with Gasteiger partial charge in [0.25, 0.3) is 10.0 Å². The van der Waals surface area contributed by atoms with Crippen molar-refractivity contribution in [2.75, 3.05) is 4.72 Å². The van der Waals surface area contributed by atoms with Crippen LogP contribution < -0.4 is 4.72 Å². The van der Waals surface area contributed by atoms with Gasteiger partial charge in [0, 0.05) is 0 Å². The first-order valence-corrected chi connectivity index (χ1v) is 11.0. The minimum absolute atomic E-state index is 0.340. The Bertz CT molecular complexity index is 1410. The number of nitrogens with one attached hydrogen (secondary N) is 1. The van der Waals surface area contributed by atoms with Crippen LogP contribution in [0.1, 0.15) is 0 Å². The molecule has 3 aromatic rings. The molecule has 0 unspecified atom stereocenters. The van der Waals surface area contributed by atoms with Crippen molar-refractivity contribution in [3.63, 3.8) is 0 Å². The van der Waals surface area contributed by atoms with Crippen LogP contribution in [0.5, 0.6) is 0 Å². The number of sulfone groups is 1. The largest absolute Gasteiger partial charge is 0.278 e. The molecule has 13 heteroatoms. The fourth-order valence-electron chi connectivity index (χ4n) is 2.53. The average Bonchev–Trinajstić information content (AvgIpc) is 2.70. The fraction of sp³-hybridized carbons (Fsp3) is 0. The van der Waals surface area contributed by atoms with Gasteiger partial charge in [0.1, 0.15) is 9.79 Å². The highest BCUT2D eigenvalue weighted by Crippen LogP contribution is 2.32. The summed E-state index contributed by atoms with van der Waals surface area (Å²) in [5, 5.41) is 0. The standard InChI is InChI=1S/C18H9F6NO4S2/c19-9-5-7-13(17(23)15(9)21)30(26,27)12-4-2-1-3-11(12)25-31(28,29)14-8-6-10(20)16(22)18(14)24/h1-8,25H. The van der Waals surface area contributed by atoms with E-state index in [0.29, 0.717) is 24.3 Å². The van der Waals surface area contributed by atoms with E-state index in [2.05, 4.69) is 0 Å². The molecular formula is C18H9F6NO4S2. The van der Waals surface area contributed by atoms with E-state index >= 15 is 0 Å². The van der Waals surface area contributed by atoms with E-state index in [9.17, 15) is 43.2 Å². The summed E-state index contributed by atoms with van der Waals surface area (Å²) in [7, 11) is -9.95. The monoisotopic (exact) mass is 481 g/mol. The Balaban J connectivity index is 2.14. The quantitative estimate of drug-likeness (QED) is 0.337. The number of anilines is 1. The third-order valence-electron chi connectivity index (χ3n) is 4.00. The van der Waals surface area contributed by atoms with Crippen LogP contribution in [0.2, 0.25) is 0 Å².